The van der Waals surface area contributed by atoms with E-state index in [1.807, 2.05) is 6.26 Å². The molecule has 114 valence electrons. The third-order valence-corrected chi connectivity index (χ3v) is 3.36. The second-order valence-corrected chi connectivity index (χ2v) is 5.38. The maximum atomic E-state index is 11.8. The van der Waals surface area contributed by atoms with E-state index in [0.29, 0.717) is 11.7 Å². The van der Waals surface area contributed by atoms with Gasteiger partial charge in [0.05, 0.1) is 4.92 Å². The van der Waals surface area contributed by atoms with Gasteiger partial charge < -0.3 is 5.32 Å². The molecule has 9 heteroatoms. The summed E-state index contributed by atoms with van der Waals surface area (Å²) in [5.74, 6) is 0.530. The molecule has 0 aliphatic carbocycles. The van der Waals surface area contributed by atoms with Gasteiger partial charge in [-0.15, -0.1) is 0 Å². The standard InChI is InChI=1S/C12H16N4O3S2/c1-21-7-3-6-13-12(20)15-14-11(17)9-4-2-5-10(8-9)16(18)19/h2,4-5,8H,3,6-7H2,1H3,(H,14,17)(H2,13,15,20). The van der Waals surface area contributed by atoms with Crippen LogP contribution in [0.1, 0.15) is 16.8 Å². The zero-order valence-electron chi connectivity index (χ0n) is 11.4. The molecule has 3 N–H and O–H groups in total. The maximum absolute atomic E-state index is 11.8. The second kappa shape index (κ2) is 9.14. The molecule has 1 amide bonds. The van der Waals surface area contributed by atoms with Crippen LogP contribution in [0.5, 0.6) is 0 Å². The Morgan fingerprint density at radius 2 is 2.19 bits per heavy atom. The average Bonchev–Trinajstić information content (AvgIpc) is 2.49. The van der Waals surface area contributed by atoms with Crippen LogP contribution in [0.25, 0.3) is 0 Å². The highest BCUT2D eigenvalue weighted by atomic mass is 32.2. The van der Waals surface area contributed by atoms with E-state index in [-0.39, 0.29) is 11.3 Å². The SMILES string of the molecule is CSCCCNC(=S)NNC(=O)c1cccc([N+](=O)[O-])c1. The van der Waals surface area contributed by atoms with Crippen LogP contribution in [0, 0.1) is 10.1 Å². The van der Waals surface area contributed by atoms with Crippen LogP contribution in [-0.4, -0.2) is 34.5 Å². The van der Waals surface area contributed by atoms with Crippen molar-refractivity contribution >= 4 is 40.7 Å². The van der Waals surface area contributed by atoms with Crippen molar-refractivity contribution in [2.24, 2.45) is 0 Å². The molecule has 0 fully saturated rings. The Kier molecular flexibility index (Phi) is 7.48. The van der Waals surface area contributed by atoms with E-state index in [0.717, 1.165) is 12.2 Å². The lowest BCUT2D eigenvalue weighted by molar-refractivity contribution is -0.384. The Balaban J connectivity index is 2.41. The number of nitrogens with one attached hydrogen (secondary N) is 3. The molecule has 0 saturated carbocycles. The highest BCUT2D eigenvalue weighted by Gasteiger charge is 2.11. The van der Waals surface area contributed by atoms with Crippen molar-refractivity contribution in [1.29, 1.82) is 0 Å². The predicted molar refractivity (Wildman–Crippen MR) is 87.3 cm³/mol. The fourth-order valence-electron chi connectivity index (χ4n) is 1.41. The van der Waals surface area contributed by atoms with Crippen LogP contribution in [0.15, 0.2) is 24.3 Å². The van der Waals surface area contributed by atoms with Crippen LogP contribution in [0.3, 0.4) is 0 Å². The number of rotatable bonds is 6. The first kappa shape index (κ1) is 17.2. The Bertz CT molecular complexity index is 525. The number of nitrogens with zero attached hydrogens (tertiary/aromatic N) is 1. The van der Waals surface area contributed by atoms with Crippen molar-refractivity contribution in [3.8, 4) is 0 Å². The highest BCUT2D eigenvalue weighted by Crippen LogP contribution is 2.12. The second-order valence-electron chi connectivity index (χ2n) is 3.99. The maximum Gasteiger partial charge on any atom is 0.270 e. The van der Waals surface area contributed by atoms with Crippen molar-refractivity contribution in [2.45, 2.75) is 6.42 Å². The van der Waals surface area contributed by atoms with E-state index >= 15 is 0 Å². The molecule has 0 bridgehead atoms. The molecule has 21 heavy (non-hydrogen) atoms. The number of hydrazine groups is 1. The molecule has 0 atom stereocenters. The first-order valence-corrected chi connectivity index (χ1v) is 7.92. The summed E-state index contributed by atoms with van der Waals surface area (Å²) in [7, 11) is 0. The number of carbonyl (C=O) groups is 1. The van der Waals surface area contributed by atoms with Crippen LogP contribution < -0.4 is 16.2 Å². The van der Waals surface area contributed by atoms with Gasteiger partial charge in [-0.3, -0.25) is 25.8 Å². The minimum Gasteiger partial charge on any atom is -0.361 e. The molecule has 0 unspecified atom stereocenters. The third kappa shape index (κ3) is 6.41. The van der Waals surface area contributed by atoms with E-state index in [2.05, 4.69) is 16.2 Å². The van der Waals surface area contributed by atoms with Crippen molar-refractivity contribution in [1.82, 2.24) is 16.2 Å². The first-order valence-electron chi connectivity index (χ1n) is 6.12. The summed E-state index contributed by atoms with van der Waals surface area (Å²) in [5, 5.41) is 13.9. The summed E-state index contributed by atoms with van der Waals surface area (Å²) in [6.45, 7) is 0.708. The summed E-state index contributed by atoms with van der Waals surface area (Å²) >= 11 is 6.73. The minimum atomic E-state index is -0.553. The van der Waals surface area contributed by atoms with Crippen LogP contribution in [0.4, 0.5) is 5.69 Å². The van der Waals surface area contributed by atoms with Crippen molar-refractivity contribution in [3.05, 3.63) is 39.9 Å². The molecular formula is C12H16N4O3S2. The summed E-state index contributed by atoms with van der Waals surface area (Å²) < 4.78 is 0. The monoisotopic (exact) mass is 328 g/mol. The minimum absolute atomic E-state index is 0.139. The molecule has 0 aromatic heterocycles. The van der Waals surface area contributed by atoms with E-state index in [9.17, 15) is 14.9 Å². The summed E-state index contributed by atoms with van der Waals surface area (Å²) in [6, 6.07) is 5.46. The van der Waals surface area contributed by atoms with Gasteiger partial charge in [0, 0.05) is 24.2 Å². The molecule has 0 radical (unpaired) electrons. The Morgan fingerprint density at radius 3 is 2.86 bits per heavy atom. The molecule has 7 nitrogen and oxygen atoms in total. The molecule has 1 aromatic carbocycles. The number of thioether (sulfide) groups is 1. The number of nitro groups is 1. The molecule has 0 spiro atoms. The van der Waals surface area contributed by atoms with Crippen molar-refractivity contribution in [2.75, 3.05) is 18.6 Å². The summed E-state index contributed by atoms with van der Waals surface area (Å²) in [5.41, 5.74) is 4.98. The lowest BCUT2D eigenvalue weighted by Crippen LogP contribution is -2.47. The Labute approximate surface area is 132 Å². The van der Waals surface area contributed by atoms with E-state index < -0.39 is 10.8 Å². The highest BCUT2D eigenvalue weighted by molar-refractivity contribution is 7.98. The van der Waals surface area contributed by atoms with E-state index in [1.54, 1.807) is 11.8 Å². The average molecular weight is 328 g/mol. The van der Waals surface area contributed by atoms with E-state index in [4.69, 9.17) is 12.2 Å². The topological polar surface area (TPSA) is 96.3 Å². The van der Waals surface area contributed by atoms with Gasteiger partial charge in [-0.05, 0) is 36.7 Å². The predicted octanol–water partition coefficient (Wildman–Crippen LogP) is 1.46. The fourth-order valence-corrected chi connectivity index (χ4v) is 2.00. The lowest BCUT2D eigenvalue weighted by atomic mass is 10.2. The molecule has 0 saturated heterocycles. The summed E-state index contributed by atoms with van der Waals surface area (Å²) in [4.78, 5) is 21.9. The van der Waals surface area contributed by atoms with Gasteiger partial charge in [0.2, 0.25) is 0 Å². The van der Waals surface area contributed by atoms with Gasteiger partial charge in [0.15, 0.2) is 5.11 Å². The molecule has 1 rings (SSSR count). The van der Waals surface area contributed by atoms with Crippen molar-refractivity contribution < 1.29 is 9.72 Å². The quantitative estimate of drug-likeness (QED) is 0.315. The zero-order chi connectivity index (χ0) is 15.7. The van der Waals surface area contributed by atoms with Crippen LogP contribution in [0.2, 0.25) is 0 Å². The van der Waals surface area contributed by atoms with Crippen LogP contribution >= 0.6 is 24.0 Å². The van der Waals surface area contributed by atoms with Crippen LogP contribution in [-0.2, 0) is 0 Å². The number of carbonyl (C=O) groups excluding carboxylic acids is 1. The number of nitro benzene ring substituents is 1. The number of thiocarbonyl (C=S) groups is 1. The number of benzene rings is 1. The Hall–Kier alpha value is -1.87. The van der Waals surface area contributed by atoms with Gasteiger partial charge in [-0.1, -0.05) is 6.07 Å². The van der Waals surface area contributed by atoms with E-state index in [1.165, 1.54) is 24.3 Å². The fraction of sp³-hybridized carbons (Fsp3) is 0.333. The van der Waals surface area contributed by atoms with Gasteiger partial charge in [0.25, 0.3) is 11.6 Å². The zero-order valence-corrected chi connectivity index (χ0v) is 13.1. The number of hydrogen-bond acceptors (Lipinski definition) is 5. The first-order chi connectivity index (χ1) is 10.0. The van der Waals surface area contributed by atoms with Crippen molar-refractivity contribution in [3.63, 3.8) is 0 Å². The number of amides is 1. The Morgan fingerprint density at radius 1 is 1.43 bits per heavy atom. The molecule has 0 aliphatic heterocycles. The van der Waals surface area contributed by atoms with Gasteiger partial charge in [-0.25, -0.2) is 0 Å². The van der Waals surface area contributed by atoms with Gasteiger partial charge >= 0.3 is 0 Å². The smallest absolute Gasteiger partial charge is 0.270 e. The summed E-state index contributed by atoms with van der Waals surface area (Å²) in [6.07, 6.45) is 2.98. The molecule has 1 aromatic rings. The van der Waals surface area contributed by atoms with Gasteiger partial charge in [-0.2, -0.15) is 11.8 Å². The van der Waals surface area contributed by atoms with Gasteiger partial charge in [0.1, 0.15) is 0 Å². The molecule has 0 heterocycles. The number of non-ortho nitro benzene ring substituents is 1. The third-order valence-electron chi connectivity index (χ3n) is 2.42. The lowest BCUT2D eigenvalue weighted by Gasteiger charge is -2.11. The molecular weight excluding hydrogens is 312 g/mol. The molecule has 0 aliphatic rings. The largest absolute Gasteiger partial charge is 0.361 e. The normalized spacial score (nSPS) is 9.76. The number of hydrogen-bond donors (Lipinski definition) is 3.